The average molecular weight is 204 g/mol. The Bertz CT molecular complexity index is 204. The van der Waals surface area contributed by atoms with E-state index in [0.717, 1.165) is 0 Å². The second kappa shape index (κ2) is 5.47. The van der Waals surface area contributed by atoms with Crippen molar-refractivity contribution in [2.24, 2.45) is 0 Å². The van der Waals surface area contributed by atoms with Crippen molar-refractivity contribution in [2.45, 2.75) is 33.3 Å². The molecule has 0 aromatic carbocycles. The summed E-state index contributed by atoms with van der Waals surface area (Å²) in [6.07, 6.45) is -0.870. The van der Waals surface area contributed by atoms with Gasteiger partial charge in [-0.1, -0.05) is 0 Å². The van der Waals surface area contributed by atoms with Gasteiger partial charge in [0, 0.05) is 0 Å². The molecule has 0 heterocycles. The highest BCUT2D eigenvalue weighted by Crippen LogP contribution is 2.07. The normalized spacial score (nSPS) is 10.6. The summed E-state index contributed by atoms with van der Waals surface area (Å²) in [4.78, 5) is 21.7. The quantitative estimate of drug-likeness (QED) is 0.652. The van der Waals surface area contributed by atoms with Gasteiger partial charge in [0.2, 0.25) is 0 Å². The fourth-order valence-corrected chi connectivity index (χ4v) is 0.600. The Morgan fingerprint density at radius 2 is 1.71 bits per heavy atom. The van der Waals surface area contributed by atoms with E-state index in [0.29, 0.717) is 0 Å². The number of carbonyl (C=O) groups excluding carboxylic acids is 2. The van der Waals surface area contributed by atoms with Crippen molar-refractivity contribution < 1.29 is 23.8 Å². The van der Waals surface area contributed by atoms with E-state index in [4.69, 9.17) is 4.74 Å². The predicted octanol–water partition coefficient (Wildman–Crippen LogP) is 1.50. The maximum atomic E-state index is 10.9. The molecule has 0 rings (SSSR count). The fourth-order valence-electron chi connectivity index (χ4n) is 0.600. The second-order valence-corrected chi connectivity index (χ2v) is 3.56. The molecule has 0 aromatic heterocycles. The van der Waals surface area contributed by atoms with Crippen molar-refractivity contribution in [2.75, 3.05) is 13.2 Å². The van der Waals surface area contributed by atoms with Gasteiger partial charge in [0.1, 0.15) is 5.60 Å². The fraction of sp³-hybridized carbons (Fsp3) is 0.778. The van der Waals surface area contributed by atoms with Crippen molar-refractivity contribution >= 4 is 12.1 Å². The van der Waals surface area contributed by atoms with Crippen LogP contribution in [0, 0.1) is 0 Å². The molecule has 0 unspecified atom stereocenters. The molecule has 0 bridgehead atoms. The van der Waals surface area contributed by atoms with Crippen LogP contribution in [0.5, 0.6) is 0 Å². The summed E-state index contributed by atoms with van der Waals surface area (Å²) in [6, 6.07) is 0. The molecule has 0 radical (unpaired) electrons. The van der Waals surface area contributed by atoms with Crippen molar-refractivity contribution in [1.29, 1.82) is 0 Å². The van der Waals surface area contributed by atoms with E-state index in [1.165, 1.54) is 0 Å². The first-order valence-corrected chi connectivity index (χ1v) is 4.36. The maximum Gasteiger partial charge on any atom is 0.509 e. The van der Waals surface area contributed by atoms with E-state index in [2.05, 4.69) is 9.47 Å². The molecular formula is C9H16O5. The molecule has 0 aliphatic heterocycles. The summed E-state index contributed by atoms with van der Waals surface area (Å²) in [5, 5.41) is 0. The highest BCUT2D eigenvalue weighted by molar-refractivity contribution is 5.73. The molecule has 0 fully saturated rings. The van der Waals surface area contributed by atoms with Crippen LogP contribution in [0.15, 0.2) is 0 Å². The molecular weight excluding hydrogens is 188 g/mol. The SMILES string of the molecule is CCOC(=O)COC(=O)OC(C)(C)C. The smallest absolute Gasteiger partial charge is 0.463 e. The summed E-state index contributed by atoms with van der Waals surface area (Å²) in [6.45, 7) is 6.64. The number of carbonyl (C=O) groups is 2. The molecule has 0 amide bonds. The van der Waals surface area contributed by atoms with E-state index in [-0.39, 0.29) is 6.61 Å². The molecule has 5 heteroatoms. The van der Waals surface area contributed by atoms with Gasteiger partial charge in [-0.25, -0.2) is 9.59 Å². The van der Waals surface area contributed by atoms with Gasteiger partial charge in [-0.2, -0.15) is 0 Å². The van der Waals surface area contributed by atoms with Gasteiger partial charge < -0.3 is 14.2 Å². The van der Waals surface area contributed by atoms with Crippen LogP contribution in [0.2, 0.25) is 0 Å². The summed E-state index contributed by atoms with van der Waals surface area (Å²) in [5.74, 6) is -0.585. The Hall–Kier alpha value is -1.26. The van der Waals surface area contributed by atoms with Crippen LogP contribution in [0.25, 0.3) is 0 Å². The van der Waals surface area contributed by atoms with E-state index in [1.807, 2.05) is 0 Å². The number of rotatable bonds is 3. The van der Waals surface area contributed by atoms with E-state index in [1.54, 1.807) is 27.7 Å². The van der Waals surface area contributed by atoms with E-state index < -0.39 is 24.3 Å². The van der Waals surface area contributed by atoms with E-state index >= 15 is 0 Å². The summed E-state index contributed by atoms with van der Waals surface area (Å²) in [5.41, 5.74) is -0.619. The first kappa shape index (κ1) is 12.7. The van der Waals surface area contributed by atoms with Crippen LogP contribution < -0.4 is 0 Å². The minimum absolute atomic E-state index is 0.260. The number of hydrogen-bond donors (Lipinski definition) is 0. The second-order valence-electron chi connectivity index (χ2n) is 3.56. The zero-order chi connectivity index (χ0) is 11.2. The van der Waals surface area contributed by atoms with Crippen LogP contribution in [-0.2, 0) is 19.0 Å². The Labute approximate surface area is 83.3 Å². The Morgan fingerprint density at radius 1 is 1.14 bits per heavy atom. The third-order valence-electron chi connectivity index (χ3n) is 1.00. The van der Waals surface area contributed by atoms with Gasteiger partial charge in [0.05, 0.1) is 6.61 Å². The lowest BCUT2D eigenvalue weighted by atomic mass is 10.2. The largest absolute Gasteiger partial charge is 0.509 e. The minimum atomic E-state index is -0.870. The molecule has 14 heavy (non-hydrogen) atoms. The van der Waals surface area contributed by atoms with Crippen LogP contribution >= 0.6 is 0 Å². The third kappa shape index (κ3) is 7.39. The third-order valence-corrected chi connectivity index (χ3v) is 1.00. The van der Waals surface area contributed by atoms with Crippen molar-refractivity contribution in [3.05, 3.63) is 0 Å². The Kier molecular flexibility index (Phi) is 4.97. The molecule has 0 N–H and O–H groups in total. The number of esters is 1. The first-order valence-electron chi connectivity index (χ1n) is 4.36. The number of ether oxygens (including phenoxy) is 3. The van der Waals surface area contributed by atoms with Crippen molar-refractivity contribution in [3.63, 3.8) is 0 Å². The first-order chi connectivity index (χ1) is 6.35. The molecule has 82 valence electrons. The van der Waals surface area contributed by atoms with Gasteiger partial charge in [-0.05, 0) is 27.7 Å². The molecule has 5 nitrogen and oxygen atoms in total. The highest BCUT2D eigenvalue weighted by Gasteiger charge is 2.18. The van der Waals surface area contributed by atoms with Crippen LogP contribution in [0.4, 0.5) is 4.79 Å². The lowest BCUT2D eigenvalue weighted by Crippen LogP contribution is -2.26. The van der Waals surface area contributed by atoms with E-state index in [9.17, 15) is 9.59 Å². The highest BCUT2D eigenvalue weighted by atomic mass is 16.7. The molecule has 0 aromatic rings. The Balaban J connectivity index is 3.70. The maximum absolute atomic E-state index is 10.9. The monoisotopic (exact) mass is 204 g/mol. The zero-order valence-electron chi connectivity index (χ0n) is 8.96. The minimum Gasteiger partial charge on any atom is -0.463 e. The lowest BCUT2D eigenvalue weighted by Gasteiger charge is -2.18. The number of hydrogen-bond acceptors (Lipinski definition) is 5. The van der Waals surface area contributed by atoms with Gasteiger partial charge >= 0.3 is 12.1 Å². The summed E-state index contributed by atoms with van der Waals surface area (Å²) in [7, 11) is 0. The van der Waals surface area contributed by atoms with Gasteiger partial charge in [0.25, 0.3) is 0 Å². The van der Waals surface area contributed by atoms with Gasteiger partial charge in [-0.15, -0.1) is 0 Å². The standard InChI is InChI=1S/C9H16O5/c1-5-12-7(10)6-13-8(11)14-9(2,3)4/h5-6H2,1-4H3. The molecule has 0 atom stereocenters. The molecule has 0 saturated carbocycles. The topological polar surface area (TPSA) is 61.8 Å². The Morgan fingerprint density at radius 3 is 2.14 bits per heavy atom. The summed E-state index contributed by atoms with van der Waals surface area (Å²) < 4.78 is 13.8. The van der Waals surface area contributed by atoms with Crippen LogP contribution in [0.3, 0.4) is 0 Å². The van der Waals surface area contributed by atoms with Gasteiger partial charge in [-0.3, -0.25) is 0 Å². The average Bonchev–Trinajstić information content (AvgIpc) is 1.98. The lowest BCUT2D eigenvalue weighted by molar-refractivity contribution is -0.147. The van der Waals surface area contributed by atoms with Crippen LogP contribution in [0.1, 0.15) is 27.7 Å². The molecule has 0 saturated heterocycles. The molecule has 0 spiro atoms. The molecule has 0 aliphatic rings. The zero-order valence-corrected chi connectivity index (χ0v) is 8.96. The van der Waals surface area contributed by atoms with Crippen molar-refractivity contribution in [1.82, 2.24) is 0 Å². The van der Waals surface area contributed by atoms with Gasteiger partial charge in [0.15, 0.2) is 6.61 Å². The molecule has 0 aliphatic carbocycles. The van der Waals surface area contributed by atoms with Crippen molar-refractivity contribution in [3.8, 4) is 0 Å². The van der Waals surface area contributed by atoms with Crippen LogP contribution in [-0.4, -0.2) is 30.9 Å². The predicted molar refractivity (Wildman–Crippen MR) is 48.8 cm³/mol. The summed E-state index contributed by atoms with van der Waals surface area (Å²) >= 11 is 0.